The summed E-state index contributed by atoms with van der Waals surface area (Å²) in [5, 5.41) is 8.62. The van der Waals surface area contributed by atoms with Crippen LogP contribution < -0.4 is 9.47 Å². The molecule has 45 heavy (non-hydrogen) atoms. The first-order chi connectivity index (χ1) is 21.7. The molecule has 7 heteroatoms. The van der Waals surface area contributed by atoms with Crippen LogP contribution in [0.4, 0.5) is 0 Å². The van der Waals surface area contributed by atoms with E-state index in [0.717, 1.165) is 81.5 Å². The molecule has 1 spiro atoms. The Hall–Kier alpha value is -3.06. The van der Waals surface area contributed by atoms with E-state index in [1.165, 1.54) is 56.3 Å². The quantitative estimate of drug-likeness (QED) is 0.318. The fourth-order valence-corrected chi connectivity index (χ4v) is 7.13. The first-order valence-electron chi connectivity index (χ1n) is 17.2. The molecule has 4 fully saturated rings. The van der Waals surface area contributed by atoms with E-state index < -0.39 is 5.97 Å². The van der Waals surface area contributed by atoms with Crippen molar-refractivity contribution in [2.24, 2.45) is 23.2 Å². The van der Waals surface area contributed by atoms with Gasteiger partial charge in [0.05, 0.1) is 25.6 Å². The number of hydrogen-bond acceptors (Lipinski definition) is 5. The summed E-state index contributed by atoms with van der Waals surface area (Å²) in [4.78, 5) is 27.5. The highest BCUT2D eigenvalue weighted by molar-refractivity contribution is 5.88. The van der Waals surface area contributed by atoms with Crippen LogP contribution in [0.15, 0.2) is 48.5 Å². The minimum atomic E-state index is -0.605. The lowest BCUT2D eigenvalue weighted by molar-refractivity contribution is -0.165. The van der Waals surface area contributed by atoms with E-state index in [1.54, 1.807) is 14.2 Å². The summed E-state index contributed by atoms with van der Waals surface area (Å²) in [5.74, 6) is 3.07. The number of benzene rings is 2. The Kier molecular flexibility index (Phi) is 13.2. The van der Waals surface area contributed by atoms with E-state index >= 15 is 0 Å². The number of methoxy groups -OCH3 is 2. The van der Waals surface area contributed by atoms with E-state index in [0.29, 0.717) is 5.91 Å². The van der Waals surface area contributed by atoms with Gasteiger partial charge in [-0.25, -0.2) is 0 Å². The van der Waals surface area contributed by atoms with Crippen molar-refractivity contribution in [3.8, 4) is 11.5 Å². The zero-order chi connectivity index (χ0) is 32.2. The van der Waals surface area contributed by atoms with Crippen molar-refractivity contribution < 1.29 is 24.2 Å². The van der Waals surface area contributed by atoms with Gasteiger partial charge in [0.2, 0.25) is 5.91 Å². The van der Waals surface area contributed by atoms with Crippen LogP contribution in [0.3, 0.4) is 0 Å². The number of carbonyl (C=O) groups excluding carboxylic acids is 1. The van der Waals surface area contributed by atoms with Crippen LogP contribution in [-0.4, -0.2) is 60.6 Å². The van der Waals surface area contributed by atoms with E-state index in [4.69, 9.17) is 14.6 Å². The summed E-state index contributed by atoms with van der Waals surface area (Å²) in [6, 6.07) is 16.4. The number of ether oxygens (including phenoxy) is 2. The Bertz CT molecular complexity index is 1180. The van der Waals surface area contributed by atoms with Crippen molar-refractivity contribution in [2.45, 2.75) is 97.6 Å². The lowest BCUT2D eigenvalue weighted by Crippen LogP contribution is -2.61. The average molecular weight is 621 g/mol. The third kappa shape index (κ3) is 10.2. The van der Waals surface area contributed by atoms with Crippen molar-refractivity contribution >= 4 is 11.9 Å². The lowest BCUT2D eigenvalue weighted by atomic mass is 9.65. The van der Waals surface area contributed by atoms with E-state index in [1.807, 2.05) is 41.3 Å². The molecule has 4 aliphatic rings. The van der Waals surface area contributed by atoms with Gasteiger partial charge >= 0.3 is 5.97 Å². The number of carboxylic acids is 1. The minimum absolute atomic E-state index is 0.00101. The number of β-lactam (4-membered cyclic amide) rings is 1. The van der Waals surface area contributed by atoms with Crippen molar-refractivity contribution in [1.82, 2.24) is 9.80 Å². The Morgan fingerprint density at radius 1 is 0.756 bits per heavy atom. The summed E-state index contributed by atoms with van der Waals surface area (Å²) >= 11 is 0. The standard InChI is InChI=1S/C17H23NO2.C13H19NO.C8H14O2/c1-13-7-9-17(10-8-13)12-18(16(17)19)11-14-3-5-15(20-2)6-4-14;1-15-13-7-5-12(6-8-13)11-14-9-3-2-4-10-14;1-6-2-4-7(5-3-6)8(9)10/h3-6,13H,7-12H2,1-2H3;5-8H,2-4,9-11H2,1H3;6-7H,2-5H2,1H3,(H,9,10). The SMILES string of the molecule is CC1CCC(C(=O)O)CC1.COc1ccc(CN2CC3(CCC(C)CC3)C2=O)cc1.COc1ccc(CN2CCCCC2)cc1. The van der Waals surface area contributed by atoms with Crippen LogP contribution in [0.1, 0.15) is 95.6 Å². The topological polar surface area (TPSA) is 79.3 Å². The average Bonchev–Trinajstić information content (AvgIpc) is 3.07. The molecule has 7 nitrogen and oxygen atoms in total. The summed E-state index contributed by atoms with van der Waals surface area (Å²) in [7, 11) is 3.38. The summed E-state index contributed by atoms with van der Waals surface area (Å²) in [5.41, 5.74) is 2.56. The van der Waals surface area contributed by atoms with Crippen LogP contribution in [0.2, 0.25) is 0 Å². The molecule has 2 heterocycles. The lowest BCUT2D eigenvalue weighted by Gasteiger charge is -2.52. The molecule has 0 bridgehead atoms. The van der Waals surface area contributed by atoms with Crippen LogP contribution >= 0.6 is 0 Å². The summed E-state index contributed by atoms with van der Waals surface area (Å²) in [6.45, 7) is 9.77. The Morgan fingerprint density at radius 3 is 1.71 bits per heavy atom. The number of likely N-dealkylation sites (tertiary alicyclic amines) is 2. The highest BCUT2D eigenvalue weighted by Crippen LogP contribution is 2.47. The minimum Gasteiger partial charge on any atom is -0.497 e. The predicted octanol–water partition coefficient (Wildman–Crippen LogP) is 7.81. The first kappa shape index (κ1) is 34.8. The van der Waals surface area contributed by atoms with Gasteiger partial charge in [0.15, 0.2) is 0 Å². The maximum Gasteiger partial charge on any atom is 0.306 e. The molecule has 248 valence electrons. The molecule has 0 atom stereocenters. The molecular formula is C38H56N2O5. The first-order valence-corrected chi connectivity index (χ1v) is 17.2. The van der Waals surface area contributed by atoms with Gasteiger partial charge in [0, 0.05) is 19.6 Å². The smallest absolute Gasteiger partial charge is 0.306 e. The number of aliphatic carboxylic acids is 1. The highest BCUT2D eigenvalue weighted by Gasteiger charge is 2.52. The molecule has 1 amide bonds. The molecule has 2 aliphatic carbocycles. The number of rotatable bonds is 7. The third-order valence-electron chi connectivity index (χ3n) is 10.4. The zero-order valence-electron chi connectivity index (χ0n) is 28.1. The molecule has 2 saturated carbocycles. The summed E-state index contributed by atoms with van der Waals surface area (Å²) in [6.07, 6.45) is 12.7. The van der Waals surface area contributed by atoms with Crippen molar-refractivity contribution in [3.63, 3.8) is 0 Å². The predicted molar refractivity (Wildman–Crippen MR) is 179 cm³/mol. The Morgan fingerprint density at radius 2 is 1.24 bits per heavy atom. The van der Waals surface area contributed by atoms with Crippen molar-refractivity contribution in [1.29, 1.82) is 0 Å². The monoisotopic (exact) mass is 620 g/mol. The molecule has 0 aromatic heterocycles. The molecule has 6 rings (SSSR count). The van der Waals surface area contributed by atoms with E-state index in [9.17, 15) is 9.59 Å². The highest BCUT2D eigenvalue weighted by atomic mass is 16.5. The molecule has 2 aromatic carbocycles. The fourth-order valence-electron chi connectivity index (χ4n) is 7.13. The van der Waals surface area contributed by atoms with Gasteiger partial charge in [0.25, 0.3) is 0 Å². The van der Waals surface area contributed by atoms with Crippen LogP contribution in [0.25, 0.3) is 0 Å². The Balaban J connectivity index is 0.000000163. The number of carboxylic acid groups (broad SMARTS) is 1. The number of piperidine rings is 1. The van der Waals surface area contributed by atoms with E-state index in [-0.39, 0.29) is 11.3 Å². The molecule has 1 N–H and O–H groups in total. The number of amides is 1. The van der Waals surface area contributed by atoms with Crippen LogP contribution in [-0.2, 0) is 22.7 Å². The largest absolute Gasteiger partial charge is 0.497 e. The number of nitrogens with zero attached hydrogens (tertiary/aromatic N) is 2. The molecular weight excluding hydrogens is 564 g/mol. The van der Waals surface area contributed by atoms with Gasteiger partial charge in [-0.05, 0) is 125 Å². The van der Waals surface area contributed by atoms with Gasteiger partial charge in [-0.3, -0.25) is 14.5 Å². The normalized spacial score (nSPS) is 26.4. The van der Waals surface area contributed by atoms with Gasteiger partial charge in [-0.1, -0.05) is 44.5 Å². The fraction of sp³-hybridized carbons (Fsp3) is 0.632. The van der Waals surface area contributed by atoms with Crippen LogP contribution in [0.5, 0.6) is 11.5 Å². The zero-order valence-corrected chi connectivity index (χ0v) is 28.1. The Labute approximate surface area is 271 Å². The van der Waals surface area contributed by atoms with Crippen molar-refractivity contribution in [2.75, 3.05) is 33.9 Å². The molecule has 2 saturated heterocycles. The third-order valence-corrected chi connectivity index (χ3v) is 10.4. The van der Waals surface area contributed by atoms with E-state index in [2.05, 4.69) is 30.9 Å². The second-order valence-electron chi connectivity index (χ2n) is 14.0. The maximum absolute atomic E-state index is 12.5. The van der Waals surface area contributed by atoms with Crippen LogP contribution in [0, 0.1) is 23.2 Å². The second-order valence-corrected chi connectivity index (χ2v) is 14.0. The summed E-state index contributed by atoms with van der Waals surface area (Å²) < 4.78 is 10.3. The van der Waals surface area contributed by atoms with Gasteiger partial charge in [-0.15, -0.1) is 0 Å². The second kappa shape index (κ2) is 17.0. The molecule has 2 aliphatic heterocycles. The molecule has 2 aromatic rings. The number of carbonyl (C=O) groups is 2. The van der Waals surface area contributed by atoms with Gasteiger partial charge in [-0.2, -0.15) is 0 Å². The van der Waals surface area contributed by atoms with Gasteiger partial charge < -0.3 is 19.5 Å². The van der Waals surface area contributed by atoms with Gasteiger partial charge in [0.1, 0.15) is 11.5 Å². The number of hydrogen-bond donors (Lipinski definition) is 1. The van der Waals surface area contributed by atoms with Crippen molar-refractivity contribution in [3.05, 3.63) is 59.7 Å². The molecule has 0 radical (unpaired) electrons. The molecule has 0 unspecified atom stereocenters. The maximum atomic E-state index is 12.5.